The van der Waals surface area contributed by atoms with Crippen molar-refractivity contribution in [2.75, 3.05) is 6.61 Å². The van der Waals surface area contributed by atoms with Crippen LogP contribution in [0.25, 0.3) is 10.9 Å². The zero-order valence-electron chi connectivity index (χ0n) is 16.1. The number of fused-ring (bicyclic) bond motifs is 1. The maximum Gasteiger partial charge on any atom is 0.195 e. The van der Waals surface area contributed by atoms with Crippen molar-refractivity contribution >= 4 is 16.7 Å². The molecule has 3 heteroatoms. The summed E-state index contributed by atoms with van der Waals surface area (Å²) in [6.07, 6.45) is 0. The molecule has 1 unspecified atom stereocenters. The predicted molar refractivity (Wildman–Crippen MR) is 113 cm³/mol. The Kier molecular flexibility index (Phi) is 4.98. The first-order chi connectivity index (χ1) is 13.7. The Morgan fingerprint density at radius 1 is 0.893 bits per heavy atom. The minimum atomic E-state index is 0.0595. The van der Waals surface area contributed by atoms with Crippen LogP contribution in [0, 0.1) is 6.92 Å². The molecule has 0 aliphatic carbocycles. The molecule has 0 aliphatic rings. The molecule has 1 aromatic heterocycles. The van der Waals surface area contributed by atoms with E-state index in [9.17, 15) is 4.79 Å². The van der Waals surface area contributed by atoms with E-state index in [2.05, 4.69) is 17.6 Å². The molecule has 3 aromatic carbocycles. The summed E-state index contributed by atoms with van der Waals surface area (Å²) >= 11 is 0. The summed E-state index contributed by atoms with van der Waals surface area (Å²) in [5, 5.41) is 0.986. The smallest absolute Gasteiger partial charge is 0.195 e. The second-order valence-electron chi connectivity index (χ2n) is 7.02. The first-order valence-corrected chi connectivity index (χ1v) is 9.54. The van der Waals surface area contributed by atoms with Crippen LogP contribution in [0.15, 0.2) is 84.9 Å². The van der Waals surface area contributed by atoms with Gasteiger partial charge in [0, 0.05) is 22.2 Å². The number of aromatic nitrogens is 1. The average molecular weight is 369 g/mol. The van der Waals surface area contributed by atoms with Gasteiger partial charge >= 0.3 is 0 Å². The van der Waals surface area contributed by atoms with Crippen molar-refractivity contribution in [3.8, 4) is 5.75 Å². The standard InChI is InChI=1S/C25H23NO2/c1-18(17-28-21-13-7-4-8-14-21)26-19(2)24(22-15-9-10-16-23(22)26)25(27)20-11-5-3-6-12-20/h3-16,18H,17H2,1-2H3. The van der Waals surface area contributed by atoms with Gasteiger partial charge in [0.1, 0.15) is 12.4 Å². The summed E-state index contributed by atoms with van der Waals surface area (Å²) in [7, 11) is 0. The summed E-state index contributed by atoms with van der Waals surface area (Å²) in [5.41, 5.74) is 3.51. The Balaban J connectivity index is 1.73. The van der Waals surface area contributed by atoms with Crippen LogP contribution < -0.4 is 4.74 Å². The topological polar surface area (TPSA) is 31.2 Å². The van der Waals surface area contributed by atoms with Gasteiger partial charge in [0.15, 0.2) is 5.78 Å². The van der Waals surface area contributed by atoms with Crippen LogP contribution in [-0.2, 0) is 0 Å². The minimum absolute atomic E-state index is 0.0595. The molecule has 0 radical (unpaired) electrons. The summed E-state index contributed by atoms with van der Waals surface area (Å²) in [6.45, 7) is 4.68. The minimum Gasteiger partial charge on any atom is -0.491 e. The highest BCUT2D eigenvalue weighted by molar-refractivity contribution is 6.17. The van der Waals surface area contributed by atoms with Crippen molar-refractivity contribution in [3.63, 3.8) is 0 Å². The fourth-order valence-electron chi connectivity index (χ4n) is 3.79. The normalized spacial score (nSPS) is 12.1. The maximum absolute atomic E-state index is 13.3. The first kappa shape index (κ1) is 18.1. The van der Waals surface area contributed by atoms with E-state index in [1.165, 1.54) is 0 Å². The lowest BCUT2D eigenvalue weighted by atomic mass is 10.0. The van der Waals surface area contributed by atoms with Crippen molar-refractivity contribution in [2.24, 2.45) is 0 Å². The highest BCUT2D eigenvalue weighted by Crippen LogP contribution is 2.31. The maximum atomic E-state index is 13.3. The van der Waals surface area contributed by atoms with Crippen LogP contribution in [0.5, 0.6) is 5.75 Å². The lowest BCUT2D eigenvalue weighted by Gasteiger charge is -2.18. The lowest BCUT2D eigenvalue weighted by molar-refractivity contribution is 0.103. The number of para-hydroxylation sites is 2. The number of ketones is 1. The summed E-state index contributed by atoms with van der Waals surface area (Å²) in [6, 6.07) is 27.5. The van der Waals surface area contributed by atoms with Gasteiger partial charge in [-0.25, -0.2) is 0 Å². The number of benzene rings is 3. The van der Waals surface area contributed by atoms with Crippen LogP contribution in [0.2, 0.25) is 0 Å². The average Bonchev–Trinajstić information content (AvgIpc) is 3.04. The molecule has 0 spiro atoms. The third-order valence-corrected chi connectivity index (χ3v) is 5.09. The van der Waals surface area contributed by atoms with Gasteiger partial charge in [0.05, 0.1) is 11.6 Å². The predicted octanol–water partition coefficient (Wildman–Crippen LogP) is 5.82. The zero-order chi connectivity index (χ0) is 19.5. The number of nitrogens with zero attached hydrogens (tertiary/aromatic N) is 1. The van der Waals surface area contributed by atoms with Gasteiger partial charge in [-0.1, -0.05) is 66.7 Å². The molecule has 0 saturated carbocycles. The fraction of sp³-hybridized carbons (Fsp3) is 0.160. The van der Waals surface area contributed by atoms with E-state index < -0.39 is 0 Å². The fourth-order valence-corrected chi connectivity index (χ4v) is 3.79. The number of hydrogen-bond donors (Lipinski definition) is 0. The molecule has 0 N–H and O–H groups in total. The zero-order valence-corrected chi connectivity index (χ0v) is 16.1. The molecule has 3 nitrogen and oxygen atoms in total. The van der Waals surface area contributed by atoms with E-state index in [0.717, 1.165) is 27.9 Å². The molecule has 1 atom stereocenters. The Hall–Kier alpha value is -3.33. The molecule has 1 heterocycles. The van der Waals surface area contributed by atoms with Crippen molar-refractivity contribution < 1.29 is 9.53 Å². The van der Waals surface area contributed by atoms with E-state index in [0.29, 0.717) is 12.2 Å². The van der Waals surface area contributed by atoms with Crippen molar-refractivity contribution in [2.45, 2.75) is 19.9 Å². The van der Waals surface area contributed by atoms with E-state index in [1.807, 2.05) is 85.8 Å². The number of carbonyl (C=O) groups excluding carboxylic acids is 1. The second kappa shape index (κ2) is 7.73. The van der Waals surface area contributed by atoms with Gasteiger partial charge in [-0.05, 0) is 32.0 Å². The highest BCUT2D eigenvalue weighted by Gasteiger charge is 2.23. The molecule has 0 amide bonds. The van der Waals surface area contributed by atoms with Gasteiger partial charge < -0.3 is 9.30 Å². The van der Waals surface area contributed by atoms with Crippen LogP contribution in [0.1, 0.15) is 34.6 Å². The van der Waals surface area contributed by atoms with Gasteiger partial charge in [-0.15, -0.1) is 0 Å². The second-order valence-corrected chi connectivity index (χ2v) is 7.02. The Morgan fingerprint density at radius 3 is 2.21 bits per heavy atom. The SMILES string of the molecule is Cc1c(C(=O)c2ccccc2)c2ccccc2n1C(C)COc1ccccc1. The van der Waals surface area contributed by atoms with Gasteiger partial charge in [-0.3, -0.25) is 4.79 Å². The number of rotatable bonds is 6. The highest BCUT2D eigenvalue weighted by atomic mass is 16.5. The molecule has 4 rings (SSSR count). The number of carbonyl (C=O) groups is 1. The van der Waals surface area contributed by atoms with Gasteiger partial charge in [0.2, 0.25) is 0 Å². The van der Waals surface area contributed by atoms with Crippen LogP contribution in [0.4, 0.5) is 0 Å². The van der Waals surface area contributed by atoms with E-state index in [4.69, 9.17) is 4.74 Å². The molecule has 0 fully saturated rings. The number of ether oxygens (including phenoxy) is 1. The van der Waals surface area contributed by atoms with Gasteiger partial charge in [0.25, 0.3) is 0 Å². The largest absolute Gasteiger partial charge is 0.491 e. The molecule has 0 aliphatic heterocycles. The van der Waals surface area contributed by atoms with Crippen LogP contribution >= 0.6 is 0 Å². The molecule has 4 aromatic rings. The Bertz CT molecular complexity index is 1100. The molecular formula is C25H23NO2. The molecular weight excluding hydrogens is 346 g/mol. The summed E-state index contributed by atoms with van der Waals surface area (Å²) < 4.78 is 8.19. The van der Waals surface area contributed by atoms with Crippen molar-refractivity contribution in [3.05, 3.63) is 102 Å². The Morgan fingerprint density at radius 2 is 1.50 bits per heavy atom. The third kappa shape index (κ3) is 3.31. The lowest BCUT2D eigenvalue weighted by Crippen LogP contribution is -2.16. The molecule has 28 heavy (non-hydrogen) atoms. The van der Waals surface area contributed by atoms with Crippen molar-refractivity contribution in [1.82, 2.24) is 4.57 Å². The summed E-state index contributed by atoms with van der Waals surface area (Å²) in [4.78, 5) is 13.3. The van der Waals surface area contributed by atoms with Crippen LogP contribution in [0.3, 0.4) is 0 Å². The molecule has 0 saturated heterocycles. The van der Waals surface area contributed by atoms with E-state index >= 15 is 0 Å². The molecule has 140 valence electrons. The Labute approximate surface area is 165 Å². The first-order valence-electron chi connectivity index (χ1n) is 9.54. The summed E-state index contributed by atoms with van der Waals surface area (Å²) in [5.74, 6) is 0.910. The van der Waals surface area contributed by atoms with Gasteiger partial charge in [-0.2, -0.15) is 0 Å². The van der Waals surface area contributed by atoms with E-state index in [-0.39, 0.29) is 11.8 Å². The van der Waals surface area contributed by atoms with Crippen molar-refractivity contribution in [1.29, 1.82) is 0 Å². The van der Waals surface area contributed by atoms with E-state index in [1.54, 1.807) is 0 Å². The quantitative estimate of drug-likeness (QED) is 0.401. The molecule has 0 bridgehead atoms. The monoisotopic (exact) mass is 369 g/mol. The number of hydrogen-bond acceptors (Lipinski definition) is 2. The third-order valence-electron chi connectivity index (χ3n) is 5.09. The van der Waals surface area contributed by atoms with Crippen LogP contribution in [-0.4, -0.2) is 17.0 Å².